The lowest BCUT2D eigenvalue weighted by atomic mass is 10.1. The predicted molar refractivity (Wildman–Crippen MR) is 94.7 cm³/mol. The molecular formula is C16H23FN4O2S. The lowest BCUT2D eigenvalue weighted by Crippen LogP contribution is -2.55. The minimum atomic E-state index is -0.681. The molecule has 1 aromatic rings. The molecule has 1 saturated heterocycles. The Balaban J connectivity index is 1.92. The molecule has 0 unspecified atom stereocenters. The highest BCUT2D eigenvalue weighted by Gasteiger charge is 2.28. The number of carbonyl (C=O) groups is 2. The third-order valence-corrected chi connectivity index (χ3v) is 4.65. The van der Waals surface area contributed by atoms with Crippen LogP contribution in [0.15, 0.2) is 24.3 Å². The van der Waals surface area contributed by atoms with Crippen LogP contribution < -0.4 is 16.0 Å². The Morgan fingerprint density at radius 1 is 1.25 bits per heavy atom. The van der Waals surface area contributed by atoms with E-state index in [4.69, 9.17) is 5.73 Å². The average Bonchev–Trinajstić information content (AvgIpc) is 2.58. The molecule has 1 aromatic carbocycles. The quantitative estimate of drug-likeness (QED) is 0.806. The van der Waals surface area contributed by atoms with Gasteiger partial charge < -0.3 is 20.9 Å². The first-order valence-electron chi connectivity index (χ1n) is 7.85. The smallest absolute Gasteiger partial charge is 0.312 e. The molecule has 6 nitrogen and oxygen atoms in total. The molecule has 0 spiro atoms. The number of nitrogens with one attached hydrogen (secondary N) is 1. The maximum atomic E-state index is 13.0. The maximum Gasteiger partial charge on any atom is 0.312 e. The Bertz CT molecular complexity index is 562. The number of rotatable bonds is 6. The van der Waals surface area contributed by atoms with E-state index in [1.807, 2.05) is 6.26 Å². The molecule has 1 fully saturated rings. The van der Waals surface area contributed by atoms with Crippen molar-refractivity contribution in [1.82, 2.24) is 10.2 Å². The van der Waals surface area contributed by atoms with Crippen LogP contribution in [0.1, 0.15) is 6.42 Å². The van der Waals surface area contributed by atoms with E-state index in [-0.39, 0.29) is 11.7 Å². The molecule has 0 aliphatic carbocycles. The summed E-state index contributed by atoms with van der Waals surface area (Å²) in [6.07, 6.45) is 2.51. The van der Waals surface area contributed by atoms with E-state index >= 15 is 0 Å². The first kappa shape index (κ1) is 18.4. The highest BCUT2D eigenvalue weighted by Crippen LogP contribution is 2.17. The van der Waals surface area contributed by atoms with Crippen molar-refractivity contribution in [1.29, 1.82) is 0 Å². The first-order valence-corrected chi connectivity index (χ1v) is 9.25. The van der Waals surface area contributed by atoms with Gasteiger partial charge >= 0.3 is 6.03 Å². The molecule has 2 rings (SSSR count). The summed E-state index contributed by atoms with van der Waals surface area (Å²) in [6.45, 7) is 2.46. The Morgan fingerprint density at radius 3 is 2.42 bits per heavy atom. The van der Waals surface area contributed by atoms with Crippen LogP contribution in [0.25, 0.3) is 0 Å². The zero-order chi connectivity index (χ0) is 17.5. The summed E-state index contributed by atoms with van der Waals surface area (Å²) in [6, 6.07) is 5.09. The molecule has 0 aromatic heterocycles. The number of piperazine rings is 1. The SMILES string of the molecule is CSCC[C@@H](NC(N)=O)C(=O)N1CCN(c2ccc(F)cc2)CC1. The third kappa shape index (κ3) is 5.02. The fourth-order valence-corrected chi connectivity index (χ4v) is 3.19. The van der Waals surface area contributed by atoms with Gasteiger partial charge in [0, 0.05) is 31.9 Å². The highest BCUT2D eigenvalue weighted by atomic mass is 32.2. The van der Waals surface area contributed by atoms with Gasteiger partial charge in [-0.25, -0.2) is 9.18 Å². The van der Waals surface area contributed by atoms with Crippen molar-refractivity contribution < 1.29 is 14.0 Å². The van der Waals surface area contributed by atoms with Crippen LogP contribution in [-0.2, 0) is 4.79 Å². The number of anilines is 1. The molecule has 0 radical (unpaired) electrons. The number of thioether (sulfide) groups is 1. The van der Waals surface area contributed by atoms with Crippen molar-refractivity contribution in [2.75, 3.05) is 43.1 Å². The van der Waals surface area contributed by atoms with Crippen LogP contribution in [-0.4, -0.2) is 61.1 Å². The largest absolute Gasteiger partial charge is 0.368 e. The average molecular weight is 354 g/mol. The van der Waals surface area contributed by atoms with E-state index in [9.17, 15) is 14.0 Å². The Labute approximate surface area is 145 Å². The lowest BCUT2D eigenvalue weighted by Gasteiger charge is -2.37. The molecule has 24 heavy (non-hydrogen) atoms. The monoisotopic (exact) mass is 354 g/mol. The zero-order valence-corrected chi connectivity index (χ0v) is 14.5. The van der Waals surface area contributed by atoms with Crippen molar-refractivity contribution in [2.45, 2.75) is 12.5 Å². The number of primary amides is 1. The van der Waals surface area contributed by atoms with E-state index < -0.39 is 12.1 Å². The molecule has 8 heteroatoms. The summed E-state index contributed by atoms with van der Waals surface area (Å²) in [5.74, 6) is 0.412. The van der Waals surface area contributed by atoms with Crippen molar-refractivity contribution in [3.05, 3.63) is 30.1 Å². The molecule has 1 aliphatic rings. The molecule has 132 valence electrons. The number of halogens is 1. The molecule has 0 saturated carbocycles. The summed E-state index contributed by atoms with van der Waals surface area (Å²) in [7, 11) is 0. The number of urea groups is 1. The van der Waals surface area contributed by atoms with Crippen LogP contribution in [0.5, 0.6) is 0 Å². The van der Waals surface area contributed by atoms with Gasteiger partial charge in [-0.15, -0.1) is 0 Å². The van der Waals surface area contributed by atoms with E-state index in [1.54, 1.807) is 28.8 Å². The Hall–Kier alpha value is -1.96. The van der Waals surface area contributed by atoms with Gasteiger partial charge in [-0.1, -0.05) is 0 Å². The number of nitrogens with zero attached hydrogens (tertiary/aromatic N) is 2. The van der Waals surface area contributed by atoms with Gasteiger partial charge in [-0.2, -0.15) is 11.8 Å². The van der Waals surface area contributed by atoms with E-state index in [0.29, 0.717) is 32.6 Å². The normalized spacial score (nSPS) is 15.9. The zero-order valence-electron chi connectivity index (χ0n) is 13.7. The van der Waals surface area contributed by atoms with Gasteiger partial charge in [-0.05, 0) is 42.7 Å². The number of hydrogen-bond acceptors (Lipinski definition) is 4. The fraction of sp³-hybridized carbons (Fsp3) is 0.500. The summed E-state index contributed by atoms with van der Waals surface area (Å²) < 4.78 is 13.0. The van der Waals surface area contributed by atoms with Crippen LogP contribution in [0, 0.1) is 5.82 Å². The molecule has 0 bridgehead atoms. The van der Waals surface area contributed by atoms with Gasteiger partial charge in [0.05, 0.1) is 0 Å². The van der Waals surface area contributed by atoms with Gasteiger partial charge in [-0.3, -0.25) is 4.79 Å². The van der Waals surface area contributed by atoms with Gasteiger partial charge in [0.1, 0.15) is 11.9 Å². The number of amides is 3. The fourth-order valence-electron chi connectivity index (χ4n) is 2.72. The number of nitrogens with two attached hydrogens (primary N) is 1. The molecule has 1 heterocycles. The summed E-state index contributed by atoms with van der Waals surface area (Å²) in [4.78, 5) is 27.6. The van der Waals surface area contributed by atoms with E-state index in [2.05, 4.69) is 10.2 Å². The topological polar surface area (TPSA) is 78.7 Å². The lowest BCUT2D eigenvalue weighted by molar-refractivity contribution is -0.133. The first-order chi connectivity index (χ1) is 11.5. The van der Waals surface area contributed by atoms with Gasteiger partial charge in [0.25, 0.3) is 0 Å². The van der Waals surface area contributed by atoms with Crippen molar-refractivity contribution in [3.8, 4) is 0 Å². The van der Waals surface area contributed by atoms with Crippen molar-refractivity contribution in [3.63, 3.8) is 0 Å². The van der Waals surface area contributed by atoms with Crippen LogP contribution in [0.4, 0.5) is 14.9 Å². The van der Waals surface area contributed by atoms with E-state index in [1.165, 1.54) is 12.1 Å². The number of hydrogen-bond donors (Lipinski definition) is 2. The van der Waals surface area contributed by atoms with Crippen LogP contribution in [0.3, 0.4) is 0 Å². The summed E-state index contributed by atoms with van der Waals surface area (Å²) in [5, 5.41) is 2.54. The molecule has 3 N–H and O–H groups in total. The number of carbonyl (C=O) groups excluding carboxylic acids is 2. The minimum Gasteiger partial charge on any atom is -0.368 e. The molecule has 1 atom stereocenters. The molecule has 1 aliphatic heterocycles. The third-order valence-electron chi connectivity index (χ3n) is 4.01. The predicted octanol–water partition coefficient (Wildman–Crippen LogP) is 1.26. The molecule has 3 amide bonds. The van der Waals surface area contributed by atoms with Crippen molar-refractivity contribution in [2.24, 2.45) is 5.73 Å². The maximum absolute atomic E-state index is 13.0. The second kappa shape index (κ2) is 8.77. The van der Waals surface area contributed by atoms with Crippen LogP contribution >= 0.6 is 11.8 Å². The van der Waals surface area contributed by atoms with E-state index in [0.717, 1.165) is 11.4 Å². The Morgan fingerprint density at radius 2 is 1.88 bits per heavy atom. The summed E-state index contributed by atoms with van der Waals surface area (Å²) >= 11 is 1.62. The Kier molecular flexibility index (Phi) is 6.72. The van der Waals surface area contributed by atoms with Crippen molar-refractivity contribution >= 4 is 29.4 Å². The second-order valence-corrected chi connectivity index (χ2v) is 6.62. The highest BCUT2D eigenvalue weighted by molar-refractivity contribution is 7.98. The summed E-state index contributed by atoms with van der Waals surface area (Å²) in [5.41, 5.74) is 6.12. The molecular weight excluding hydrogens is 331 g/mol. The standard InChI is InChI=1S/C16H23FN4O2S/c1-24-11-6-14(19-16(18)23)15(22)21-9-7-20(8-10-21)13-4-2-12(17)3-5-13/h2-5,14H,6-11H2,1H3,(H3,18,19,23)/t14-/m1/s1. The van der Waals surface area contributed by atoms with Gasteiger partial charge in [0.15, 0.2) is 0 Å². The van der Waals surface area contributed by atoms with Gasteiger partial charge in [0.2, 0.25) is 5.91 Å². The minimum absolute atomic E-state index is 0.0957. The second-order valence-electron chi connectivity index (χ2n) is 5.63. The van der Waals surface area contributed by atoms with Crippen LogP contribution in [0.2, 0.25) is 0 Å². The number of benzene rings is 1.